The Morgan fingerprint density at radius 2 is 1.65 bits per heavy atom. The first kappa shape index (κ1) is 18.2. The fourth-order valence-corrected chi connectivity index (χ4v) is 4.35. The fraction of sp³-hybridized carbons (Fsp3) is 0.235. The van der Waals surface area contributed by atoms with Gasteiger partial charge in [0.25, 0.3) is 0 Å². The van der Waals surface area contributed by atoms with Gasteiger partial charge in [0.15, 0.2) is 0 Å². The van der Waals surface area contributed by atoms with E-state index in [1.807, 2.05) is 6.07 Å². The summed E-state index contributed by atoms with van der Waals surface area (Å²) in [5.74, 6) is -2.65. The van der Waals surface area contributed by atoms with Crippen LogP contribution >= 0.6 is 0 Å². The van der Waals surface area contributed by atoms with Gasteiger partial charge in [0.2, 0.25) is 10.0 Å². The molecule has 0 amide bonds. The average molecular weight is 381 g/mol. The molecule has 0 saturated carbocycles. The highest BCUT2D eigenvalue weighted by Crippen LogP contribution is 2.26. The molecule has 1 aliphatic rings. The zero-order chi connectivity index (χ0) is 18.9. The van der Waals surface area contributed by atoms with Crippen LogP contribution in [0, 0.1) is 28.8 Å². The highest BCUT2D eigenvalue weighted by molar-refractivity contribution is 7.89. The van der Waals surface area contributed by atoms with E-state index in [0.717, 1.165) is 16.4 Å². The van der Waals surface area contributed by atoms with Crippen LogP contribution in [0.4, 0.5) is 18.9 Å². The van der Waals surface area contributed by atoms with Gasteiger partial charge in [-0.1, -0.05) is 6.07 Å². The molecule has 2 aromatic rings. The van der Waals surface area contributed by atoms with Gasteiger partial charge >= 0.3 is 0 Å². The second-order valence-corrected chi connectivity index (χ2v) is 7.62. The minimum absolute atomic E-state index is 0.0283. The Balaban J connectivity index is 1.81. The second kappa shape index (κ2) is 6.97. The van der Waals surface area contributed by atoms with Crippen LogP contribution in [0.1, 0.15) is 5.56 Å². The van der Waals surface area contributed by atoms with E-state index in [9.17, 15) is 21.6 Å². The molecule has 0 radical (unpaired) electrons. The number of nitrogens with zero attached hydrogens (tertiary/aromatic N) is 3. The summed E-state index contributed by atoms with van der Waals surface area (Å²) in [5, 5.41) is 9.12. The Labute approximate surface area is 148 Å². The fourth-order valence-electron chi connectivity index (χ4n) is 2.88. The number of anilines is 1. The van der Waals surface area contributed by atoms with Crippen LogP contribution in [0.5, 0.6) is 0 Å². The monoisotopic (exact) mass is 381 g/mol. The van der Waals surface area contributed by atoms with Crippen LogP contribution in [0.25, 0.3) is 0 Å². The van der Waals surface area contributed by atoms with E-state index >= 15 is 0 Å². The van der Waals surface area contributed by atoms with Crippen LogP contribution in [0.15, 0.2) is 41.3 Å². The summed E-state index contributed by atoms with van der Waals surface area (Å²) in [6.45, 7) is 0.474. The van der Waals surface area contributed by atoms with Gasteiger partial charge in [0.05, 0.1) is 5.69 Å². The highest BCUT2D eigenvalue weighted by atomic mass is 32.2. The van der Waals surface area contributed by atoms with Gasteiger partial charge in [-0.3, -0.25) is 0 Å². The van der Waals surface area contributed by atoms with E-state index in [2.05, 4.69) is 0 Å². The van der Waals surface area contributed by atoms with Crippen molar-refractivity contribution in [1.82, 2.24) is 4.31 Å². The molecule has 0 atom stereocenters. The predicted molar refractivity (Wildman–Crippen MR) is 88.4 cm³/mol. The maximum Gasteiger partial charge on any atom is 0.246 e. The minimum Gasteiger partial charge on any atom is -0.368 e. The zero-order valence-electron chi connectivity index (χ0n) is 13.5. The molecule has 0 aromatic heterocycles. The van der Waals surface area contributed by atoms with Gasteiger partial charge < -0.3 is 4.90 Å². The summed E-state index contributed by atoms with van der Waals surface area (Å²) >= 11 is 0. The van der Waals surface area contributed by atoms with Crippen molar-refractivity contribution in [3.8, 4) is 6.07 Å². The molecule has 0 unspecified atom stereocenters. The van der Waals surface area contributed by atoms with Crippen LogP contribution in [-0.2, 0) is 10.0 Å². The van der Waals surface area contributed by atoms with Crippen molar-refractivity contribution in [2.45, 2.75) is 4.90 Å². The summed E-state index contributed by atoms with van der Waals surface area (Å²) in [5.41, 5.74) is 0.283. The second-order valence-electron chi connectivity index (χ2n) is 5.71. The molecule has 9 heteroatoms. The van der Waals surface area contributed by atoms with E-state index in [1.54, 1.807) is 11.0 Å². The Morgan fingerprint density at radius 1 is 0.962 bits per heavy atom. The number of sulfonamides is 1. The van der Waals surface area contributed by atoms with Crippen molar-refractivity contribution in [2.75, 3.05) is 31.1 Å². The first-order valence-corrected chi connectivity index (χ1v) is 9.17. The molecular weight excluding hydrogens is 367 g/mol. The molecule has 1 aliphatic heterocycles. The number of rotatable bonds is 3. The molecule has 1 saturated heterocycles. The normalized spacial score (nSPS) is 15.7. The topological polar surface area (TPSA) is 64.4 Å². The molecule has 0 spiro atoms. The van der Waals surface area contributed by atoms with Crippen molar-refractivity contribution in [1.29, 1.82) is 5.26 Å². The van der Waals surface area contributed by atoms with Crippen molar-refractivity contribution in [3.05, 3.63) is 59.4 Å². The maximum atomic E-state index is 13.9. The van der Waals surface area contributed by atoms with E-state index in [0.29, 0.717) is 11.8 Å². The standard InChI is InChI=1S/C17H14F3N3O2S/c18-12-4-5-17(15(20)10-12)26(24,25)23-8-6-22(7-9-23)16-3-1-2-14(19)13(16)11-21/h1-5,10H,6-9H2. The molecular formula is C17H14F3N3O2S. The highest BCUT2D eigenvalue weighted by Gasteiger charge is 2.31. The van der Waals surface area contributed by atoms with Gasteiger partial charge in [-0.15, -0.1) is 0 Å². The summed E-state index contributed by atoms with van der Waals surface area (Å²) in [6, 6.07) is 8.36. The van der Waals surface area contributed by atoms with Gasteiger partial charge in [-0.2, -0.15) is 9.57 Å². The summed E-state index contributed by atoms with van der Waals surface area (Å²) in [7, 11) is -4.11. The summed E-state index contributed by atoms with van der Waals surface area (Å²) in [6.07, 6.45) is 0. The van der Waals surface area contributed by atoms with E-state index in [1.165, 1.54) is 12.1 Å². The maximum absolute atomic E-state index is 13.9. The molecule has 1 fully saturated rings. The number of halogens is 3. The zero-order valence-corrected chi connectivity index (χ0v) is 14.3. The Morgan fingerprint density at radius 3 is 2.27 bits per heavy atom. The van der Waals surface area contributed by atoms with Crippen LogP contribution in [0.3, 0.4) is 0 Å². The van der Waals surface area contributed by atoms with Crippen LogP contribution in [0.2, 0.25) is 0 Å². The smallest absolute Gasteiger partial charge is 0.246 e. The van der Waals surface area contributed by atoms with E-state index in [-0.39, 0.29) is 31.7 Å². The van der Waals surface area contributed by atoms with Crippen molar-refractivity contribution in [3.63, 3.8) is 0 Å². The predicted octanol–water partition coefficient (Wildman–Crippen LogP) is 2.49. The third-order valence-corrected chi connectivity index (χ3v) is 6.13. The lowest BCUT2D eigenvalue weighted by Crippen LogP contribution is -2.49. The third kappa shape index (κ3) is 3.25. The first-order valence-electron chi connectivity index (χ1n) is 7.73. The van der Waals surface area contributed by atoms with Crippen molar-refractivity contribution in [2.24, 2.45) is 0 Å². The first-order chi connectivity index (χ1) is 12.3. The molecule has 0 N–H and O–H groups in total. The molecule has 136 valence electrons. The van der Waals surface area contributed by atoms with Gasteiger partial charge in [-0.05, 0) is 24.3 Å². The molecule has 0 aliphatic carbocycles. The molecule has 3 rings (SSSR count). The molecule has 0 bridgehead atoms. The van der Waals surface area contributed by atoms with Crippen LogP contribution in [-0.4, -0.2) is 38.9 Å². The lowest BCUT2D eigenvalue weighted by Gasteiger charge is -2.35. The number of hydrogen-bond acceptors (Lipinski definition) is 4. The van der Waals surface area contributed by atoms with Crippen molar-refractivity contribution >= 4 is 15.7 Å². The molecule has 1 heterocycles. The lowest BCUT2D eigenvalue weighted by molar-refractivity contribution is 0.382. The largest absolute Gasteiger partial charge is 0.368 e. The number of nitriles is 1. The quantitative estimate of drug-likeness (QED) is 0.820. The van der Waals surface area contributed by atoms with E-state index in [4.69, 9.17) is 5.26 Å². The third-order valence-electron chi connectivity index (χ3n) is 4.19. The van der Waals surface area contributed by atoms with E-state index < -0.39 is 32.4 Å². The molecule has 5 nitrogen and oxygen atoms in total. The Hall–Kier alpha value is -2.57. The average Bonchev–Trinajstić information content (AvgIpc) is 2.61. The molecule has 2 aromatic carbocycles. The van der Waals surface area contributed by atoms with Gasteiger partial charge in [-0.25, -0.2) is 21.6 Å². The summed E-state index contributed by atoms with van der Waals surface area (Å²) in [4.78, 5) is 1.12. The minimum atomic E-state index is -4.11. The number of benzene rings is 2. The summed E-state index contributed by atoms with van der Waals surface area (Å²) < 4.78 is 66.8. The SMILES string of the molecule is N#Cc1c(F)cccc1N1CCN(S(=O)(=O)c2ccc(F)cc2F)CC1. The van der Waals surface area contributed by atoms with Gasteiger partial charge in [0, 0.05) is 32.2 Å². The Kier molecular flexibility index (Phi) is 4.89. The van der Waals surface area contributed by atoms with Crippen LogP contribution < -0.4 is 4.90 Å². The number of hydrogen-bond donors (Lipinski definition) is 0. The Bertz CT molecular complexity index is 981. The lowest BCUT2D eigenvalue weighted by atomic mass is 10.1. The van der Waals surface area contributed by atoms with Gasteiger partial charge in [0.1, 0.15) is 34.0 Å². The molecule has 26 heavy (non-hydrogen) atoms. The van der Waals surface area contributed by atoms with Crippen molar-refractivity contribution < 1.29 is 21.6 Å². The number of piperazine rings is 1.